The second-order valence-electron chi connectivity index (χ2n) is 10.1. The van der Waals surface area contributed by atoms with E-state index in [1.165, 1.54) is 38.2 Å². The molecule has 2 aromatic carbocycles. The Morgan fingerprint density at radius 2 is 1.49 bits per heavy atom. The topological polar surface area (TPSA) is 304 Å². The van der Waals surface area contributed by atoms with Gasteiger partial charge in [0.15, 0.2) is 11.4 Å². The van der Waals surface area contributed by atoms with E-state index in [0.717, 1.165) is 42.5 Å². The molecule has 1 unspecified atom stereocenters. The van der Waals surface area contributed by atoms with Crippen molar-refractivity contribution in [2.24, 2.45) is 16.1 Å². The lowest BCUT2D eigenvalue weighted by Gasteiger charge is -2.16. The lowest BCUT2D eigenvalue weighted by atomic mass is 10.0. The maximum atomic E-state index is 13.6. The van der Waals surface area contributed by atoms with E-state index in [1.807, 2.05) is 0 Å². The molecule has 4 rings (SSSR count). The summed E-state index contributed by atoms with van der Waals surface area (Å²) in [5, 5.41) is 33.3. The number of nitrogens with zero attached hydrogens (tertiary/aromatic N) is 4. The van der Waals surface area contributed by atoms with E-state index in [0.29, 0.717) is 34.1 Å². The molecule has 4 N–H and O–H groups in total. The third-order valence-corrected chi connectivity index (χ3v) is 9.78. The molecule has 2 aliphatic heterocycles. The number of esters is 2. The number of carbonyl (C=O) groups excluding carboxylic acids is 4. The molecule has 1 atom stereocenters. The van der Waals surface area contributed by atoms with Crippen LogP contribution in [0.4, 0.5) is 11.4 Å². The van der Waals surface area contributed by atoms with Crippen LogP contribution in [-0.2, 0) is 67.6 Å². The van der Waals surface area contributed by atoms with Crippen molar-refractivity contribution in [3.63, 3.8) is 0 Å². The Bertz CT molecular complexity index is 2240. The summed E-state index contributed by atoms with van der Waals surface area (Å²) in [7, 11) is -9.77. The highest BCUT2D eigenvalue weighted by Crippen LogP contribution is 2.37. The van der Waals surface area contributed by atoms with Gasteiger partial charge in [-0.2, -0.15) is 37.1 Å². The predicted octanol–water partition coefficient (Wildman–Crippen LogP) is 2.92. The lowest BCUT2D eigenvalue weighted by Crippen LogP contribution is -2.29. The monoisotopic (exact) mass is 846 g/mol. The molecule has 0 aliphatic carbocycles. The van der Waals surface area contributed by atoms with E-state index >= 15 is 0 Å². The van der Waals surface area contributed by atoms with Gasteiger partial charge in [-0.3, -0.25) is 18.7 Å². The van der Waals surface area contributed by atoms with Gasteiger partial charge < -0.3 is 9.47 Å². The molecule has 2 aliphatic rings. The fourth-order valence-corrected chi connectivity index (χ4v) is 6.59. The van der Waals surface area contributed by atoms with Crippen molar-refractivity contribution in [2.45, 2.75) is 33.4 Å². The first-order chi connectivity index (χ1) is 26.1. The molecular formula is C29H26N4O18S4. The summed E-state index contributed by atoms with van der Waals surface area (Å²) < 4.78 is 86.1. The number of hydrogen-bond acceptors (Lipinski definition) is 20. The maximum absolute atomic E-state index is 13.6. The van der Waals surface area contributed by atoms with E-state index in [-0.39, 0.29) is 28.7 Å². The maximum Gasteiger partial charge on any atom is 0.359 e. The lowest BCUT2D eigenvalue weighted by molar-refractivity contribution is -0.432. The average molecular weight is 847 g/mol. The van der Waals surface area contributed by atoms with Crippen molar-refractivity contribution in [3.8, 4) is 0 Å². The fraction of sp³-hybridized carbons (Fsp3) is 0.172. The molecular weight excluding hydrogens is 821 g/mol. The largest absolute Gasteiger partial charge is 0.461 e. The van der Waals surface area contributed by atoms with Crippen LogP contribution in [0.15, 0.2) is 102 Å². The van der Waals surface area contributed by atoms with Crippen molar-refractivity contribution >= 4 is 90.9 Å². The average Bonchev–Trinajstić information content (AvgIpc) is 3.64. The van der Waals surface area contributed by atoms with Crippen molar-refractivity contribution in [1.29, 1.82) is 0 Å². The van der Waals surface area contributed by atoms with Crippen molar-refractivity contribution in [3.05, 3.63) is 72.4 Å². The quantitative estimate of drug-likeness (QED) is 0.0338. The predicted molar refractivity (Wildman–Crippen MR) is 187 cm³/mol. The van der Waals surface area contributed by atoms with Gasteiger partial charge in [0, 0.05) is 4.90 Å². The van der Waals surface area contributed by atoms with Crippen LogP contribution in [0.1, 0.15) is 13.8 Å². The number of anilines is 2. The highest BCUT2D eigenvalue weighted by molar-refractivity contribution is 7.95. The fourth-order valence-electron chi connectivity index (χ4n) is 4.59. The number of amides is 2. The van der Waals surface area contributed by atoms with Gasteiger partial charge in [0.2, 0.25) is 0 Å². The second kappa shape index (κ2) is 18.7. The van der Waals surface area contributed by atoms with Crippen LogP contribution in [0, 0.1) is 5.92 Å². The smallest absolute Gasteiger partial charge is 0.359 e. The third kappa shape index (κ3) is 10.3. The zero-order valence-electron chi connectivity index (χ0n) is 27.8. The molecule has 0 fully saturated rings. The molecule has 0 saturated carbocycles. The Labute approximate surface area is 318 Å². The number of ether oxygens (including phenoxy) is 2. The molecule has 294 valence electrons. The first-order valence-corrected chi connectivity index (χ1v) is 19.2. The minimum atomic E-state index is -4.97. The van der Waals surface area contributed by atoms with E-state index in [4.69, 9.17) is 20.0 Å². The number of hydrogen-bond donors (Lipinski definition) is 4. The molecule has 0 saturated heterocycles. The number of rotatable bonds is 17. The minimum absolute atomic E-state index is 0.0546. The highest BCUT2D eigenvalue weighted by atomic mass is 32.2. The summed E-state index contributed by atoms with van der Waals surface area (Å²) in [6.45, 7) is 2.71. The molecule has 26 heteroatoms. The zero-order valence-corrected chi connectivity index (χ0v) is 31.0. The summed E-state index contributed by atoms with van der Waals surface area (Å²) in [5.74, 6) is -5.54. The first-order valence-electron chi connectivity index (χ1n) is 14.8. The van der Waals surface area contributed by atoms with Gasteiger partial charge in [-0.1, -0.05) is 34.4 Å². The van der Waals surface area contributed by atoms with Crippen LogP contribution in [0.5, 0.6) is 0 Å². The standard InChI is InChI=1S/C29H26N4O18S4/c1-3-46-28(36)24-18(26(34)32(30-24)20-15-17(54(40,41)42)11-12-22(20)53-51-49-39)8-6-5-7-9-19-25(29(37)47-4-2)31-33(27(19)35)21-14-16(52-50-48-38)10-13-23(21)55(43,44)45/h5-15,18,38-39H,3-4H2,1-2H3,(H,40,41,42)(H,43,44,45). The molecule has 22 nitrogen and oxygen atoms in total. The summed E-state index contributed by atoms with van der Waals surface area (Å²) in [6, 6.07) is 5.95. The van der Waals surface area contributed by atoms with Gasteiger partial charge in [-0.25, -0.2) is 20.1 Å². The van der Waals surface area contributed by atoms with E-state index in [2.05, 4.69) is 28.9 Å². The molecule has 0 spiro atoms. The summed E-state index contributed by atoms with van der Waals surface area (Å²) in [5.41, 5.74) is -2.27. The van der Waals surface area contributed by atoms with Crippen LogP contribution in [0.25, 0.3) is 0 Å². The van der Waals surface area contributed by atoms with Crippen LogP contribution in [-0.4, -0.2) is 84.8 Å². The van der Waals surface area contributed by atoms with Crippen molar-refractivity contribution in [1.82, 2.24) is 0 Å². The van der Waals surface area contributed by atoms with E-state index in [1.54, 1.807) is 0 Å². The molecule has 2 aromatic rings. The SMILES string of the molecule is CCOC(=O)C1=NN(c2cc(SOOO)ccc2S(=O)(=O)O)C(=O)C1=CC=CC=CC1C(=O)N(c2cc(S(=O)(=O)O)ccc2SOOO)N=C1C(=O)OCC. The van der Waals surface area contributed by atoms with Crippen molar-refractivity contribution in [2.75, 3.05) is 23.2 Å². The Balaban J connectivity index is 1.70. The van der Waals surface area contributed by atoms with Gasteiger partial charge in [-0.05, 0) is 56.3 Å². The molecule has 0 bridgehead atoms. The van der Waals surface area contributed by atoms with Crippen LogP contribution >= 0.6 is 24.1 Å². The van der Waals surface area contributed by atoms with E-state index < -0.39 is 82.4 Å². The summed E-state index contributed by atoms with van der Waals surface area (Å²) in [4.78, 5) is 51.4. The summed E-state index contributed by atoms with van der Waals surface area (Å²) in [6.07, 6.45) is 5.98. The summed E-state index contributed by atoms with van der Waals surface area (Å²) >= 11 is 0.711. The number of hydrazone groups is 2. The molecule has 2 heterocycles. The molecule has 0 aromatic heterocycles. The van der Waals surface area contributed by atoms with Gasteiger partial charge in [0.25, 0.3) is 32.1 Å². The molecule has 55 heavy (non-hydrogen) atoms. The Morgan fingerprint density at radius 3 is 2.13 bits per heavy atom. The Kier molecular flexibility index (Phi) is 14.6. The Morgan fingerprint density at radius 1 is 0.818 bits per heavy atom. The minimum Gasteiger partial charge on any atom is -0.461 e. The number of carbonyl (C=O) groups is 4. The number of allylic oxidation sites excluding steroid dienone is 4. The van der Waals surface area contributed by atoms with Crippen LogP contribution in [0.2, 0.25) is 0 Å². The number of benzene rings is 2. The molecule has 0 radical (unpaired) electrons. The van der Waals surface area contributed by atoms with Crippen LogP contribution < -0.4 is 10.0 Å². The van der Waals surface area contributed by atoms with E-state index in [9.17, 15) is 45.1 Å². The first kappa shape index (κ1) is 42.9. The third-order valence-electron chi connectivity index (χ3n) is 6.80. The van der Waals surface area contributed by atoms with Gasteiger partial charge in [-0.15, -0.1) is 8.67 Å². The Hall–Kier alpha value is -4.84. The van der Waals surface area contributed by atoms with Crippen molar-refractivity contribution < 1.29 is 83.9 Å². The molecule has 2 amide bonds. The zero-order chi connectivity index (χ0) is 40.5. The normalized spacial score (nSPS) is 17.1. The van der Waals surface area contributed by atoms with Gasteiger partial charge >= 0.3 is 11.9 Å². The highest BCUT2D eigenvalue weighted by Gasteiger charge is 2.41. The second-order valence-corrected chi connectivity index (χ2v) is 14.5. The van der Waals surface area contributed by atoms with Gasteiger partial charge in [0.05, 0.1) is 64.0 Å². The van der Waals surface area contributed by atoms with Gasteiger partial charge in [0.1, 0.15) is 10.8 Å². The van der Waals surface area contributed by atoms with Crippen LogP contribution in [0.3, 0.4) is 0 Å².